The number of amides is 3. The Kier molecular flexibility index (Phi) is 11.6. The fraction of sp³-hybridized carbons (Fsp3) is 0.565. The van der Waals surface area contributed by atoms with Crippen molar-refractivity contribution < 1.29 is 24.3 Å². The van der Waals surface area contributed by atoms with Crippen molar-refractivity contribution in [3.63, 3.8) is 0 Å². The Bertz CT molecular complexity index is 754. The summed E-state index contributed by atoms with van der Waals surface area (Å²) in [4.78, 5) is 47.5. The van der Waals surface area contributed by atoms with Crippen LogP contribution in [0.25, 0.3) is 0 Å². The number of aliphatic hydroxyl groups is 1. The van der Waals surface area contributed by atoms with Crippen LogP contribution in [0.1, 0.15) is 46.1 Å². The summed E-state index contributed by atoms with van der Waals surface area (Å²) < 4.78 is 0. The van der Waals surface area contributed by atoms with Gasteiger partial charge in [-0.15, -0.1) is 0 Å². The normalized spacial score (nSPS) is 15.7. The Morgan fingerprint density at radius 1 is 1.00 bits per heavy atom. The van der Waals surface area contributed by atoms with E-state index in [1.807, 2.05) is 30.3 Å². The first-order chi connectivity index (χ1) is 15.0. The van der Waals surface area contributed by atoms with Crippen LogP contribution >= 0.6 is 0 Å². The Morgan fingerprint density at radius 2 is 1.62 bits per heavy atom. The third kappa shape index (κ3) is 9.57. The molecule has 0 heterocycles. The zero-order valence-electron chi connectivity index (χ0n) is 19.1. The first-order valence-corrected chi connectivity index (χ1v) is 10.8. The van der Waals surface area contributed by atoms with Crippen LogP contribution in [0, 0.1) is 5.92 Å². The number of carbonyl (C=O) groups excluding carboxylic acids is 4. The van der Waals surface area contributed by atoms with Crippen molar-refractivity contribution in [2.75, 3.05) is 0 Å². The summed E-state index contributed by atoms with van der Waals surface area (Å²) >= 11 is 0. The summed E-state index contributed by atoms with van der Waals surface area (Å²) in [5.41, 5.74) is 6.41. The second-order valence-electron chi connectivity index (χ2n) is 8.34. The zero-order chi connectivity index (χ0) is 24.3. The molecule has 5 atom stereocenters. The van der Waals surface area contributed by atoms with Gasteiger partial charge in [-0.05, 0) is 38.2 Å². The van der Waals surface area contributed by atoms with E-state index in [0.717, 1.165) is 5.56 Å². The molecule has 0 fully saturated rings. The van der Waals surface area contributed by atoms with E-state index in [4.69, 9.17) is 5.73 Å². The largest absolute Gasteiger partial charge is 0.391 e. The average Bonchev–Trinajstić information content (AvgIpc) is 2.75. The van der Waals surface area contributed by atoms with Crippen LogP contribution in [0.2, 0.25) is 0 Å². The Labute approximate surface area is 189 Å². The van der Waals surface area contributed by atoms with Crippen LogP contribution in [0.15, 0.2) is 30.3 Å². The van der Waals surface area contributed by atoms with Gasteiger partial charge in [0.25, 0.3) is 0 Å². The van der Waals surface area contributed by atoms with Crippen LogP contribution < -0.4 is 21.7 Å². The molecule has 9 heteroatoms. The quantitative estimate of drug-likeness (QED) is 0.286. The van der Waals surface area contributed by atoms with Gasteiger partial charge < -0.3 is 26.8 Å². The Hall–Kier alpha value is -2.78. The lowest BCUT2D eigenvalue weighted by atomic mass is 9.97. The highest BCUT2D eigenvalue weighted by Gasteiger charge is 2.26. The number of carbonyl (C=O) groups is 3. The van der Waals surface area contributed by atoms with Crippen molar-refractivity contribution in [1.82, 2.24) is 16.0 Å². The molecule has 0 aliphatic carbocycles. The third-order valence-electron chi connectivity index (χ3n) is 5.03. The number of nitrogens with two attached hydrogens (primary N) is 1. The SMILES string of the molecule is CC(N)C(=O)NC(C)C(=O)N[C@@H](Cc1ccccc1)[C@@H](O)CCC(=O)NC([C]=O)C(C)C. The standard InChI is InChI=1S/C23H35N4O5/c1-14(2)19(13-28)26-21(30)11-10-20(29)18(12-17-8-6-5-7-9-17)27-23(32)16(4)25-22(31)15(3)24/h5-9,14-16,18-20,29H,10-12,24H2,1-4H3,(H,25,31)(H,26,30)(H,27,32)/t15?,16?,18-,19?,20-/m0/s1. The molecule has 0 saturated heterocycles. The predicted octanol–water partition coefficient (Wildman–Crippen LogP) is -0.0426. The minimum atomic E-state index is -1.03. The molecule has 1 aromatic carbocycles. The molecule has 1 aromatic rings. The molecule has 32 heavy (non-hydrogen) atoms. The first kappa shape index (κ1) is 27.3. The van der Waals surface area contributed by atoms with Crippen molar-refractivity contribution in [3.05, 3.63) is 35.9 Å². The van der Waals surface area contributed by atoms with E-state index in [0.29, 0.717) is 6.42 Å². The number of rotatable bonds is 13. The van der Waals surface area contributed by atoms with Crippen LogP contribution in [0.3, 0.4) is 0 Å². The van der Waals surface area contributed by atoms with Gasteiger partial charge in [0.05, 0.1) is 24.2 Å². The van der Waals surface area contributed by atoms with Gasteiger partial charge in [0.2, 0.25) is 24.0 Å². The topological polar surface area (TPSA) is 151 Å². The number of aliphatic hydroxyl groups excluding tert-OH is 1. The van der Waals surface area contributed by atoms with Gasteiger partial charge >= 0.3 is 0 Å². The van der Waals surface area contributed by atoms with Gasteiger partial charge in [-0.1, -0.05) is 44.2 Å². The predicted molar refractivity (Wildman–Crippen MR) is 121 cm³/mol. The lowest BCUT2D eigenvalue weighted by molar-refractivity contribution is -0.130. The third-order valence-corrected chi connectivity index (χ3v) is 5.03. The molecular formula is C23H35N4O5. The molecule has 0 saturated carbocycles. The molecule has 1 radical (unpaired) electrons. The fourth-order valence-corrected chi connectivity index (χ4v) is 2.93. The van der Waals surface area contributed by atoms with Crippen molar-refractivity contribution in [2.24, 2.45) is 11.7 Å². The molecule has 3 unspecified atom stereocenters. The summed E-state index contributed by atoms with van der Waals surface area (Å²) in [6, 6.07) is 6.28. The van der Waals surface area contributed by atoms with E-state index in [-0.39, 0.29) is 24.7 Å². The molecule has 0 aromatic heterocycles. The van der Waals surface area contributed by atoms with E-state index in [1.54, 1.807) is 20.1 Å². The summed E-state index contributed by atoms with van der Waals surface area (Å²) in [6.07, 6.45) is 1.15. The smallest absolute Gasteiger partial charge is 0.242 e. The molecule has 0 bridgehead atoms. The van der Waals surface area contributed by atoms with Gasteiger partial charge in [0.15, 0.2) is 0 Å². The highest BCUT2D eigenvalue weighted by molar-refractivity contribution is 5.89. The van der Waals surface area contributed by atoms with Gasteiger partial charge in [0, 0.05) is 6.42 Å². The van der Waals surface area contributed by atoms with Gasteiger partial charge in [-0.3, -0.25) is 19.2 Å². The molecule has 6 N–H and O–H groups in total. The molecular weight excluding hydrogens is 412 g/mol. The van der Waals surface area contributed by atoms with Crippen molar-refractivity contribution in [1.29, 1.82) is 0 Å². The van der Waals surface area contributed by atoms with Crippen LogP contribution in [0.4, 0.5) is 0 Å². The minimum absolute atomic E-state index is 0.0236. The molecule has 0 aliphatic rings. The maximum atomic E-state index is 12.6. The maximum absolute atomic E-state index is 12.6. The van der Waals surface area contributed by atoms with Crippen LogP contribution in [0.5, 0.6) is 0 Å². The molecule has 3 amide bonds. The number of hydrogen-bond acceptors (Lipinski definition) is 6. The number of benzene rings is 1. The Morgan fingerprint density at radius 3 is 2.16 bits per heavy atom. The fourth-order valence-electron chi connectivity index (χ4n) is 2.93. The zero-order valence-corrected chi connectivity index (χ0v) is 19.1. The lowest BCUT2D eigenvalue weighted by Gasteiger charge is -2.26. The molecule has 0 aliphatic heterocycles. The van der Waals surface area contributed by atoms with E-state index in [1.165, 1.54) is 13.8 Å². The summed E-state index contributed by atoms with van der Waals surface area (Å²) in [6.45, 7) is 6.62. The van der Waals surface area contributed by atoms with Crippen molar-refractivity contribution >= 4 is 24.0 Å². The van der Waals surface area contributed by atoms with Gasteiger partial charge in [-0.2, -0.15) is 0 Å². The summed E-state index contributed by atoms with van der Waals surface area (Å²) in [5, 5.41) is 18.6. The van der Waals surface area contributed by atoms with Gasteiger partial charge in [-0.25, -0.2) is 0 Å². The molecule has 1 rings (SSSR count). The second kappa shape index (κ2) is 13.6. The van der Waals surface area contributed by atoms with E-state index in [9.17, 15) is 24.3 Å². The van der Waals surface area contributed by atoms with Crippen LogP contribution in [-0.2, 0) is 25.6 Å². The average molecular weight is 448 g/mol. The summed E-state index contributed by atoms with van der Waals surface area (Å²) in [7, 11) is 0. The van der Waals surface area contributed by atoms with Crippen molar-refractivity contribution in [3.8, 4) is 0 Å². The highest BCUT2D eigenvalue weighted by atomic mass is 16.3. The van der Waals surface area contributed by atoms with Crippen molar-refractivity contribution in [2.45, 2.75) is 77.2 Å². The minimum Gasteiger partial charge on any atom is -0.391 e. The summed E-state index contributed by atoms with van der Waals surface area (Å²) in [5.74, 6) is -1.41. The molecule has 0 spiro atoms. The monoisotopic (exact) mass is 447 g/mol. The number of hydrogen-bond donors (Lipinski definition) is 5. The number of nitrogens with one attached hydrogen (secondary N) is 3. The first-order valence-electron chi connectivity index (χ1n) is 10.8. The van der Waals surface area contributed by atoms with Crippen LogP contribution in [-0.4, -0.2) is 59.4 Å². The maximum Gasteiger partial charge on any atom is 0.242 e. The van der Waals surface area contributed by atoms with E-state index < -0.39 is 42.1 Å². The second-order valence-corrected chi connectivity index (χ2v) is 8.34. The lowest BCUT2D eigenvalue weighted by Crippen LogP contribution is -2.54. The molecule has 9 nitrogen and oxygen atoms in total. The van der Waals surface area contributed by atoms with E-state index in [2.05, 4.69) is 16.0 Å². The molecule has 177 valence electrons. The Balaban J connectivity index is 2.80. The van der Waals surface area contributed by atoms with E-state index >= 15 is 0 Å². The van der Waals surface area contributed by atoms with Gasteiger partial charge in [0.1, 0.15) is 6.04 Å². The highest BCUT2D eigenvalue weighted by Crippen LogP contribution is 2.11.